The third kappa shape index (κ3) is 3.76. The maximum Gasteiger partial charge on any atom is 0.305 e. The van der Waals surface area contributed by atoms with Gasteiger partial charge in [-0.2, -0.15) is 0 Å². The van der Waals surface area contributed by atoms with Gasteiger partial charge < -0.3 is 10.0 Å². The number of rotatable bonds is 6. The fourth-order valence-electron chi connectivity index (χ4n) is 2.08. The number of aliphatic carboxylic acids is 1. The van der Waals surface area contributed by atoms with Crippen molar-refractivity contribution in [3.63, 3.8) is 0 Å². The highest BCUT2D eigenvalue weighted by atomic mass is 16.4. The van der Waals surface area contributed by atoms with E-state index in [0.717, 1.165) is 12.8 Å². The molecule has 1 N–H and O–H groups in total. The van der Waals surface area contributed by atoms with E-state index in [-0.39, 0.29) is 18.9 Å². The first-order valence-electron chi connectivity index (χ1n) is 6.78. The topological polar surface area (TPSA) is 83.4 Å². The molecule has 6 nitrogen and oxygen atoms in total. The number of aryl methyl sites for hydroxylation is 2. The summed E-state index contributed by atoms with van der Waals surface area (Å²) in [7, 11) is 0. The zero-order chi connectivity index (χ0) is 14.7. The van der Waals surface area contributed by atoms with Crippen molar-refractivity contribution in [1.29, 1.82) is 0 Å². The number of carbonyl (C=O) groups excluding carboxylic acids is 1. The first-order valence-corrected chi connectivity index (χ1v) is 6.78. The maximum atomic E-state index is 12.5. The summed E-state index contributed by atoms with van der Waals surface area (Å²) in [4.78, 5) is 33.1. The average Bonchev–Trinajstić information content (AvgIpc) is 3.17. The Balaban J connectivity index is 2.13. The lowest BCUT2D eigenvalue weighted by atomic mass is 10.2. The van der Waals surface area contributed by atoms with Crippen LogP contribution in [0.3, 0.4) is 0 Å². The normalized spacial score (nSPS) is 14.1. The fourth-order valence-corrected chi connectivity index (χ4v) is 2.08. The van der Waals surface area contributed by atoms with Gasteiger partial charge in [0.05, 0.1) is 17.7 Å². The number of amides is 1. The predicted molar refractivity (Wildman–Crippen MR) is 72.4 cm³/mol. The molecule has 0 aromatic carbocycles. The molecule has 0 saturated heterocycles. The van der Waals surface area contributed by atoms with Crippen LogP contribution in [0.4, 0.5) is 0 Å². The largest absolute Gasteiger partial charge is 0.481 e. The van der Waals surface area contributed by atoms with Crippen LogP contribution < -0.4 is 0 Å². The Kier molecular flexibility index (Phi) is 4.32. The van der Waals surface area contributed by atoms with Crippen molar-refractivity contribution in [3.8, 4) is 0 Å². The van der Waals surface area contributed by atoms with E-state index in [1.807, 2.05) is 0 Å². The summed E-state index contributed by atoms with van der Waals surface area (Å²) in [5.74, 6) is 0.0730. The smallest absolute Gasteiger partial charge is 0.305 e. The van der Waals surface area contributed by atoms with Crippen LogP contribution in [-0.2, 0) is 4.79 Å². The van der Waals surface area contributed by atoms with Crippen molar-refractivity contribution in [2.24, 2.45) is 5.92 Å². The van der Waals surface area contributed by atoms with E-state index in [0.29, 0.717) is 29.5 Å². The van der Waals surface area contributed by atoms with Gasteiger partial charge in [0.25, 0.3) is 5.91 Å². The highest BCUT2D eigenvalue weighted by molar-refractivity contribution is 5.95. The van der Waals surface area contributed by atoms with E-state index in [1.165, 1.54) is 6.20 Å². The van der Waals surface area contributed by atoms with Gasteiger partial charge in [0.15, 0.2) is 0 Å². The molecule has 1 saturated carbocycles. The van der Waals surface area contributed by atoms with Crippen molar-refractivity contribution in [2.75, 3.05) is 13.1 Å². The van der Waals surface area contributed by atoms with Gasteiger partial charge in [-0.25, -0.2) is 9.97 Å². The number of nitrogens with zero attached hydrogens (tertiary/aromatic N) is 3. The Bertz CT molecular complexity index is 526. The molecule has 1 aromatic rings. The Hall–Kier alpha value is -1.98. The molecule has 1 heterocycles. The summed E-state index contributed by atoms with van der Waals surface area (Å²) in [6.07, 6.45) is 3.71. The molecule has 0 bridgehead atoms. The minimum absolute atomic E-state index is 0.0375. The molecule has 1 amide bonds. The van der Waals surface area contributed by atoms with Gasteiger partial charge in [0.2, 0.25) is 0 Å². The second-order valence-corrected chi connectivity index (χ2v) is 5.25. The molecule has 0 unspecified atom stereocenters. The molecule has 20 heavy (non-hydrogen) atoms. The highest BCUT2D eigenvalue weighted by Crippen LogP contribution is 2.30. The minimum Gasteiger partial charge on any atom is -0.481 e. The lowest BCUT2D eigenvalue weighted by Gasteiger charge is -2.22. The molecule has 1 aliphatic rings. The number of carboxylic acid groups (broad SMARTS) is 1. The van der Waals surface area contributed by atoms with Gasteiger partial charge in [0.1, 0.15) is 5.82 Å². The Morgan fingerprint density at radius 2 is 2.10 bits per heavy atom. The van der Waals surface area contributed by atoms with Crippen LogP contribution in [0.5, 0.6) is 0 Å². The lowest BCUT2D eigenvalue weighted by Crippen LogP contribution is -2.35. The van der Waals surface area contributed by atoms with E-state index in [4.69, 9.17) is 5.11 Å². The van der Waals surface area contributed by atoms with Crippen LogP contribution in [-0.4, -0.2) is 44.9 Å². The monoisotopic (exact) mass is 277 g/mol. The van der Waals surface area contributed by atoms with Gasteiger partial charge in [-0.3, -0.25) is 9.59 Å². The van der Waals surface area contributed by atoms with Crippen molar-refractivity contribution in [3.05, 3.63) is 23.3 Å². The summed E-state index contributed by atoms with van der Waals surface area (Å²) in [5.41, 5.74) is 1.10. The number of hydrogen-bond donors (Lipinski definition) is 1. The molecular weight excluding hydrogens is 258 g/mol. The van der Waals surface area contributed by atoms with Crippen LogP contribution >= 0.6 is 0 Å². The predicted octanol–water partition coefficient (Wildman–Crippen LogP) is 1.42. The second kappa shape index (κ2) is 5.98. The van der Waals surface area contributed by atoms with Crippen LogP contribution in [0.2, 0.25) is 0 Å². The minimum atomic E-state index is -0.893. The van der Waals surface area contributed by atoms with Crippen LogP contribution in [0.1, 0.15) is 41.1 Å². The number of aromatic nitrogens is 2. The zero-order valence-electron chi connectivity index (χ0n) is 11.8. The summed E-state index contributed by atoms with van der Waals surface area (Å²) >= 11 is 0. The van der Waals surface area contributed by atoms with Gasteiger partial charge in [-0.05, 0) is 32.6 Å². The summed E-state index contributed by atoms with van der Waals surface area (Å²) in [6, 6.07) is 0. The summed E-state index contributed by atoms with van der Waals surface area (Å²) in [6.45, 7) is 4.40. The molecule has 0 atom stereocenters. The molecule has 0 aliphatic heterocycles. The molecule has 2 rings (SSSR count). The van der Waals surface area contributed by atoms with E-state index in [9.17, 15) is 9.59 Å². The molecule has 1 aromatic heterocycles. The average molecular weight is 277 g/mol. The van der Waals surface area contributed by atoms with E-state index in [1.54, 1.807) is 18.7 Å². The Labute approximate surface area is 117 Å². The Morgan fingerprint density at radius 3 is 2.65 bits per heavy atom. The van der Waals surface area contributed by atoms with Gasteiger partial charge in [-0.1, -0.05) is 0 Å². The molecule has 0 radical (unpaired) electrons. The molecule has 108 valence electrons. The molecule has 1 fully saturated rings. The van der Waals surface area contributed by atoms with Crippen molar-refractivity contribution < 1.29 is 14.7 Å². The molecular formula is C14H19N3O3. The number of hydrogen-bond acceptors (Lipinski definition) is 4. The standard InChI is InChI=1S/C14H19N3O3/c1-9-12(7-15-10(2)16-9)14(20)17(6-5-13(18)19)8-11-3-4-11/h7,11H,3-6,8H2,1-2H3,(H,18,19). The summed E-state index contributed by atoms with van der Waals surface area (Å²) in [5, 5.41) is 8.79. The molecule has 1 aliphatic carbocycles. The summed E-state index contributed by atoms with van der Waals surface area (Å²) < 4.78 is 0. The SMILES string of the molecule is Cc1ncc(C(=O)N(CCC(=O)O)CC2CC2)c(C)n1. The van der Waals surface area contributed by atoms with Crippen LogP contribution in [0.25, 0.3) is 0 Å². The fraction of sp³-hybridized carbons (Fsp3) is 0.571. The van der Waals surface area contributed by atoms with Crippen LogP contribution in [0, 0.1) is 19.8 Å². The second-order valence-electron chi connectivity index (χ2n) is 5.25. The first-order chi connectivity index (χ1) is 9.47. The third-order valence-corrected chi connectivity index (χ3v) is 3.39. The van der Waals surface area contributed by atoms with E-state index < -0.39 is 5.97 Å². The third-order valence-electron chi connectivity index (χ3n) is 3.39. The van der Waals surface area contributed by atoms with Crippen molar-refractivity contribution in [2.45, 2.75) is 33.1 Å². The van der Waals surface area contributed by atoms with E-state index >= 15 is 0 Å². The maximum absolute atomic E-state index is 12.5. The number of carbonyl (C=O) groups is 2. The van der Waals surface area contributed by atoms with E-state index in [2.05, 4.69) is 9.97 Å². The highest BCUT2D eigenvalue weighted by Gasteiger charge is 2.28. The Morgan fingerprint density at radius 1 is 1.40 bits per heavy atom. The van der Waals surface area contributed by atoms with Crippen molar-refractivity contribution in [1.82, 2.24) is 14.9 Å². The number of carboxylic acids is 1. The lowest BCUT2D eigenvalue weighted by molar-refractivity contribution is -0.137. The molecule has 0 spiro atoms. The van der Waals surface area contributed by atoms with Crippen LogP contribution in [0.15, 0.2) is 6.20 Å². The zero-order valence-corrected chi connectivity index (χ0v) is 11.8. The molecule has 6 heteroatoms. The van der Waals surface area contributed by atoms with Gasteiger partial charge in [0, 0.05) is 19.3 Å². The van der Waals surface area contributed by atoms with Gasteiger partial charge in [-0.15, -0.1) is 0 Å². The first kappa shape index (κ1) is 14.4. The quantitative estimate of drug-likeness (QED) is 0.850. The van der Waals surface area contributed by atoms with Crippen molar-refractivity contribution >= 4 is 11.9 Å². The van der Waals surface area contributed by atoms with Gasteiger partial charge >= 0.3 is 5.97 Å².